The minimum atomic E-state index is 0.0377. The molecule has 1 fully saturated rings. The van der Waals surface area contributed by atoms with Crippen molar-refractivity contribution in [1.29, 1.82) is 0 Å². The lowest BCUT2D eigenvalue weighted by Crippen LogP contribution is -2.43. The molecule has 1 aliphatic rings. The van der Waals surface area contributed by atoms with Crippen molar-refractivity contribution in [3.05, 3.63) is 23.8 Å². The number of amides is 1. The number of hydrogen-bond donors (Lipinski definition) is 1. The number of piperidine rings is 1. The van der Waals surface area contributed by atoms with E-state index in [1.807, 2.05) is 4.90 Å². The topological polar surface area (TPSA) is 55.6 Å². The van der Waals surface area contributed by atoms with Crippen molar-refractivity contribution >= 4 is 11.6 Å². The van der Waals surface area contributed by atoms with Crippen LogP contribution in [0.5, 0.6) is 5.75 Å². The Morgan fingerprint density at radius 1 is 1.47 bits per heavy atom. The molecule has 104 valence electrons. The van der Waals surface area contributed by atoms with E-state index >= 15 is 0 Å². The van der Waals surface area contributed by atoms with Crippen molar-refractivity contribution < 1.29 is 9.53 Å². The Morgan fingerprint density at radius 2 is 2.26 bits per heavy atom. The summed E-state index contributed by atoms with van der Waals surface area (Å²) in [6.07, 6.45) is 4.37. The fraction of sp³-hybridized carbons (Fsp3) is 0.533. The maximum atomic E-state index is 12.7. The summed E-state index contributed by atoms with van der Waals surface area (Å²) in [4.78, 5) is 14.7. The monoisotopic (exact) mass is 262 g/mol. The summed E-state index contributed by atoms with van der Waals surface area (Å²) >= 11 is 0. The van der Waals surface area contributed by atoms with E-state index in [0.29, 0.717) is 23.0 Å². The second-order valence-corrected chi connectivity index (χ2v) is 5.02. The maximum absolute atomic E-state index is 12.7. The minimum absolute atomic E-state index is 0.0377. The Kier molecular flexibility index (Phi) is 4.30. The zero-order valence-electron chi connectivity index (χ0n) is 11.7. The number of carbonyl (C=O) groups excluding carboxylic acids is 1. The predicted octanol–water partition coefficient (Wildman–Crippen LogP) is 2.68. The predicted molar refractivity (Wildman–Crippen MR) is 76.4 cm³/mol. The lowest BCUT2D eigenvalue weighted by Gasteiger charge is -2.35. The number of nitrogens with zero attached hydrogens (tertiary/aromatic N) is 1. The van der Waals surface area contributed by atoms with Crippen molar-refractivity contribution in [3.8, 4) is 5.75 Å². The molecule has 4 nitrogen and oxygen atoms in total. The summed E-state index contributed by atoms with van der Waals surface area (Å²) in [7, 11) is 1.58. The van der Waals surface area contributed by atoms with Gasteiger partial charge < -0.3 is 15.4 Å². The molecule has 0 bridgehead atoms. The van der Waals surface area contributed by atoms with E-state index in [1.54, 1.807) is 25.3 Å². The van der Waals surface area contributed by atoms with Gasteiger partial charge in [-0.05, 0) is 43.9 Å². The summed E-state index contributed by atoms with van der Waals surface area (Å²) in [6, 6.07) is 5.56. The zero-order valence-corrected chi connectivity index (χ0v) is 11.7. The summed E-state index contributed by atoms with van der Waals surface area (Å²) in [6.45, 7) is 2.96. The first-order chi connectivity index (χ1) is 9.17. The van der Waals surface area contributed by atoms with E-state index in [0.717, 1.165) is 25.8 Å². The molecule has 1 atom stereocenters. The Labute approximate surface area is 114 Å². The van der Waals surface area contributed by atoms with Crippen LogP contribution in [-0.2, 0) is 0 Å². The molecule has 0 spiro atoms. The van der Waals surface area contributed by atoms with E-state index in [9.17, 15) is 4.79 Å². The van der Waals surface area contributed by atoms with E-state index in [2.05, 4.69) is 6.92 Å². The Hall–Kier alpha value is -1.71. The molecule has 2 rings (SSSR count). The van der Waals surface area contributed by atoms with Gasteiger partial charge in [0.2, 0.25) is 0 Å². The summed E-state index contributed by atoms with van der Waals surface area (Å²) < 4.78 is 5.28. The third-order valence-corrected chi connectivity index (χ3v) is 3.81. The van der Waals surface area contributed by atoms with Gasteiger partial charge in [0.15, 0.2) is 0 Å². The number of anilines is 1. The first-order valence-corrected chi connectivity index (χ1v) is 6.91. The number of hydrogen-bond acceptors (Lipinski definition) is 3. The van der Waals surface area contributed by atoms with Crippen LogP contribution >= 0.6 is 0 Å². The third kappa shape index (κ3) is 2.83. The summed E-state index contributed by atoms with van der Waals surface area (Å²) in [5.41, 5.74) is 6.95. The fourth-order valence-corrected chi connectivity index (χ4v) is 2.74. The minimum Gasteiger partial charge on any atom is -0.496 e. The molecule has 4 heteroatoms. The SMILES string of the molecule is CCC1CCCCN1C(=O)c1cc(N)ccc1OC. The van der Waals surface area contributed by atoms with Crippen molar-refractivity contribution in [2.24, 2.45) is 0 Å². The van der Waals surface area contributed by atoms with Gasteiger partial charge in [0.1, 0.15) is 5.75 Å². The number of benzene rings is 1. The highest BCUT2D eigenvalue weighted by atomic mass is 16.5. The van der Waals surface area contributed by atoms with Gasteiger partial charge in [-0.25, -0.2) is 0 Å². The molecule has 0 aliphatic carbocycles. The molecule has 1 aliphatic heterocycles. The van der Waals surface area contributed by atoms with Gasteiger partial charge in [-0.15, -0.1) is 0 Å². The molecule has 2 N–H and O–H groups in total. The van der Waals surface area contributed by atoms with E-state index < -0.39 is 0 Å². The standard InChI is InChI=1S/C15H22N2O2/c1-3-12-6-4-5-9-17(12)15(18)13-10-11(16)7-8-14(13)19-2/h7-8,10,12H,3-6,9,16H2,1-2H3. The highest BCUT2D eigenvalue weighted by molar-refractivity contribution is 5.98. The first kappa shape index (κ1) is 13.7. The van der Waals surface area contributed by atoms with Crippen LogP contribution in [-0.4, -0.2) is 30.5 Å². The van der Waals surface area contributed by atoms with Crippen LogP contribution in [0.2, 0.25) is 0 Å². The Bertz CT molecular complexity index is 459. The average Bonchev–Trinajstić information content (AvgIpc) is 2.46. The molecule has 1 amide bonds. The van der Waals surface area contributed by atoms with Gasteiger partial charge in [0, 0.05) is 18.3 Å². The van der Waals surface area contributed by atoms with E-state index in [4.69, 9.17) is 10.5 Å². The highest BCUT2D eigenvalue weighted by Gasteiger charge is 2.27. The van der Waals surface area contributed by atoms with Crippen molar-refractivity contribution in [1.82, 2.24) is 4.90 Å². The Morgan fingerprint density at radius 3 is 2.95 bits per heavy atom. The molecule has 1 unspecified atom stereocenters. The molecule has 1 saturated heterocycles. The number of carbonyl (C=O) groups is 1. The number of methoxy groups -OCH3 is 1. The van der Waals surface area contributed by atoms with Crippen LogP contribution in [0, 0.1) is 0 Å². The van der Waals surface area contributed by atoms with Crippen LogP contribution in [0.3, 0.4) is 0 Å². The molecule has 0 radical (unpaired) electrons. The highest BCUT2D eigenvalue weighted by Crippen LogP contribution is 2.27. The number of nitrogen functional groups attached to an aromatic ring is 1. The summed E-state index contributed by atoms with van der Waals surface area (Å²) in [5.74, 6) is 0.635. The van der Waals surface area contributed by atoms with Gasteiger partial charge in [0.05, 0.1) is 12.7 Å². The molecule has 19 heavy (non-hydrogen) atoms. The normalized spacial score (nSPS) is 19.3. The van der Waals surface area contributed by atoms with Gasteiger partial charge in [0.25, 0.3) is 5.91 Å². The second kappa shape index (κ2) is 5.95. The third-order valence-electron chi connectivity index (χ3n) is 3.81. The maximum Gasteiger partial charge on any atom is 0.257 e. The van der Waals surface area contributed by atoms with E-state index in [1.165, 1.54) is 6.42 Å². The first-order valence-electron chi connectivity index (χ1n) is 6.91. The number of nitrogens with two attached hydrogens (primary N) is 1. The van der Waals surface area contributed by atoms with Gasteiger partial charge >= 0.3 is 0 Å². The second-order valence-electron chi connectivity index (χ2n) is 5.02. The average molecular weight is 262 g/mol. The van der Waals surface area contributed by atoms with Crippen LogP contribution in [0.4, 0.5) is 5.69 Å². The lowest BCUT2D eigenvalue weighted by molar-refractivity contribution is 0.0605. The number of likely N-dealkylation sites (tertiary alicyclic amines) is 1. The van der Waals surface area contributed by atoms with Crippen molar-refractivity contribution in [2.45, 2.75) is 38.6 Å². The van der Waals surface area contributed by atoms with E-state index in [-0.39, 0.29) is 5.91 Å². The van der Waals surface area contributed by atoms with Crippen LogP contribution in [0.25, 0.3) is 0 Å². The molecular weight excluding hydrogens is 240 g/mol. The fourth-order valence-electron chi connectivity index (χ4n) is 2.74. The van der Waals surface area contributed by atoms with Gasteiger partial charge in [-0.3, -0.25) is 4.79 Å². The molecular formula is C15H22N2O2. The van der Waals surface area contributed by atoms with Crippen LogP contribution in [0.15, 0.2) is 18.2 Å². The number of rotatable bonds is 3. The smallest absolute Gasteiger partial charge is 0.257 e. The zero-order chi connectivity index (χ0) is 13.8. The molecule has 1 aromatic rings. The Balaban J connectivity index is 2.29. The number of ether oxygens (including phenoxy) is 1. The van der Waals surface area contributed by atoms with Gasteiger partial charge in [-0.2, -0.15) is 0 Å². The van der Waals surface area contributed by atoms with Crippen molar-refractivity contribution in [3.63, 3.8) is 0 Å². The lowest BCUT2D eigenvalue weighted by atomic mass is 9.98. The molecule has 1 aromatic carbocycles. The quantitative estimate of drug-likeness (QED) is 0.852. The van der Waals surface area contributed by atoms with Crippen LogP contribution in [0.1, 0.15) is 43.0 Å². The molecule has 1 heterocycles. The largest absolute Gasteiger partial charge is 0.496 e. The van der Waals surface area contributed by atoms with Crippen molar-refractivity contribution in [2.75, 3.05) is 19.4 Å². The van der Waals surface area contributed by atoms with Crippen LogP contribution < -0.4 is 10.5 Å². The summed E-state index contributed by atoms with van der Waals surface area (Å²) in [5, 5.41) is 0. The molecule has 0 aromatic heterocycles. The molecule has 0 saturated carbocycles. The van der Waals surface area contributed by atoms with Gasteiger partial charge in [-0.1, -0.05) is 6.92 Å².